The molecule has 0 saturated carbocycles. The molecule has 0 N–H and O–H groups in total. The number of Topliss-reactive ketones (excluding diaryl/α,β-unsaturated/α-hetero) is 1. The summed E-state index contributed by atoms with van der Waals surface area (Å²) in [4.78, 5) is 11.6. The van der Waals surface area contributed by atoms with Gasteiger partial charge in [-0.2, -0.15) is 0 Å². The number of ether oxygens (including phenoxy) is 1. The van der Waals surface area contributed by atoms with E-state index in [-0.39, 0.29) is 11.0 Å². The average molecular weight is 357 g/mol. The van der Waals surface area contributed by atoms with E-state index in [0.717, 1.165) is 25.9 Å². The first-order valence-corrected chi connectivity index (χ1v) is 10.0. The fourth-order valence-corrected chi connectivity index (χ4v) is 2.14. The van der Waals surface area contributed by atoms with Crippen molar-refractivity contribution >= 4 is 5.78 Å². The molecule has 0 bridgehead atoms. The largest absolute Gasteiger partial charge is 0.376 e. The third kappa shape index (κ3) is 23.6. The predicted octanol–water partition coefficient (Wildman–Crippen LogP) is 7.45. The van der Waals surface area contributed by atoms with Crippen molar-refractivity contribution in [2.45, 2.75) is 121 Å². The van der Waals surface area contributed by atoms with Gasteiger partial charge in [-0.05, 0) is 57.3 Å². The van der Waals surface area contributed by atoms with Crippen LogP contribution < -0.4 is 0 Å². The maximum atomic E-state index is 11.6. The van der Waals surface area contributed by atoms with Crippen LogP contribution in [0.1, 0.15) is 115 Å². The summed E-state index contributed by atoms with van der Waals surface area (Å²) >= 11 is 0. The Morgan fingerprint density at radius 3 is 1.40 bits per heavy atom. The van der Waals surface area contributed by atoms with Gasteiger partial charge in [-0.25, -0.2) is 0 Å². The first kappa shape index (κ1) is 26.9. The van der Waals surface area contributed by atoms with Crippen molar-refractivity contribution in [3.05, 3.63) is 0 Å². The van der Waals surface area contributed by atoms with Crippen molar-refractivity contribution < 1.29 is 9.53 Å². The summed E-state index contributed by atoms with van der Waals surface area (Å²) in [5, 5.41) is 0. The maximum Gasteiger partial charge on any atom is 0.138 e. The number of carbonyl (C=O) groups is 1. The van der Waals surface area contributed by atoms with E-state index in [2.05, 4.69) is 62.3 Å². The molecule has 2 heteroatoms. The molecular weight excluding hydrogens is 308 g/mol. The molecule has 0 unspecified atom stereocenters. The van der Waals surface area contributed by atoms with E-state index in [1.165, 1.54) is 12.8 Å². The molecule has 0 spiro atoms. The normalized spacial score (nSPS) is 13.3. The molecule has 0 radical (unpaired) electrons. The van der Waals surface area contributed by atoms with E-state index in [1.807, 2.05) is 20.8 Å². The molecule has 0 fully saturated rings. The molecule has 0 amide bonds. The summed E-state index contributed by atoms with van der Waals surface area (Å²) < 4.78 is 5.62. The van der Waals surface area contributed by atoms with E-state index >= 15 is 0 Å². The van der Waals surface area contributed by atoms with Gasteiger partial charge in [0.15, 0.2) is 0 Å². The molecule has 0 rings (SSSR count). The van der Waals surface area contributed by atoms with Gasteiger partial charge in [-0.15, -0.1) is 0 Å². The Morgan fingerprint density at radius 2 is 1.08 bits per heavy atom. The minimum absolute atomic E-state index is 0.0257. The highest BCUT2D eigenvalue weighted by Crippen LogP contribution is 2.24. The van der Waals surface area contributed by atoms with Crippen LogP contribution in [0, 0.1) is 16.2 Å². The molecule has 0 aliphatic rings. The molecule has 0 heterocycles. The van der Waals surface area contributed by atoms with Crippen LogP contribution in [0.25, 0.3) is 0 Å². The minimum Gasteiger partial charge on any atom is -0.376 e. The van der Waals surface area contributed by atoms with Gasteiger partial charge in [0.2, 0.25) is 0 Å². The van der Waals surface area contributed by atoms with E-state index in [4.69, 9.17) is 4.74 Å². The van der Waals surface area contributed by atoms with Crippen molar-refractivity contribution in [1.82, 2.24) is 0 Å². The van der Waals surface area contributed by atoms with E-state index in [0.29, 0.717) is 16.6 Å². The summed E-state index contributed by atoms with van der Waals surface area (Å²) in [6.07, 6.45) is 5.30. The first-order chi connectivity index (χ1) is 10.8. The van der Waals surface area contributed by atoms with Crippen LogP contribution in [-0.4, -0.2) is 18.0 Å². The summed E-state index contributed by atoms with van der Waals surface area (Å²) in [5.74, 6) is 0.386. The molecule has 2 nitrogen and oxygen atoms in total. The molecule has 0 aromatic carbocycles. The van der Waals surface area contributed by atoms with Gasteiger partial charge >= 0.3 is 0 Å². The fraction of sp³-hybridized carbons (Fsp3) is 0.957. The van der Waals surface area contributed by atoms with Gasteiger partial charge < -0.3 is 4.74 Å². The number of ketones is 1. The topological polar surface area (TPSA) is 26.3 Å². The van der Waals surface area contributed by atoms with Crippen molar-refractivity contribution in [3.8, 4) is 0 Å². The highest BCUT2D eigenvalue weighted by molar-refractivity contribution is 5.83. The fourth-order valence-electron chi connectivity index (χ4n) is 2.14. The molecule has 0 aliphatic heterocycles. The third-order valence-electron chi connectivity index (χ3n) is 3.77. The molecule has 25 heavy (non-hydrogen) atoms. The van der Waals surface area contributed by atoms with Crippen LogP contribution in [-0.2, 0) is 9.53 Å². The standard InChI is InChI=1S/C12H24O.C11H24O/c1-11(2,3)9-7-8-10(13)12(4,5)6;1-10(2,3)8-7-9-12-11(4,5)6/h7-9H2,1-6H3;7-9H2,1-6H3. The zero-order valence-electron chi connectivity index (χ0n) is 19.6. The lowest BCUT2D eigenvalue weighted by atomic mass is 9.84. The first-order valence-electron chi connectivity index (χ1n) is 10.0. The Bertz CT molecular complexity index is 338. The van der Waals surface area contributed by atoms with Crippen LogP contribution in [0.5, 0.6) is 0 Å². The number of rotatable bonds is 6. The van der Waals surface area contributed by atoms with Gasteiger partial charge in [0.25, 0.3) is 0 Å². The molecule has 0 atom stereocenters. The third-order valence-corrected chi connectivity index (χ3v) is 3.77. The highest BCUT2D eigenvalue weighted by atomic mass is 16.5. The maximum absolute atomic E-state index is 11.6. The van der Waals surface area contributed by atoms with Gasteiger partial charge in [-0.3, -0.25) is 4.79 Å². The second-order valence-corrected chi connectivity index (χ2v) is 11.7. The van der Waals surface area contributed by atoms with Crippen molar-refractivity contribution in [3.63, 3.8) is 0 Å². The van der Waals surface area contributed by atoms with Gasteiger partial charge in [0.1, 0.15) is 5.78 Å². The Balaban J connectivity index is 0. The van der Waals surface area contributed by atoms with E-state index in [1.54, 1.807) is 0 Å². The summed E-state index contributed by atoms with van der Waals surface area (Å²) in [6.45, 7) is 26.6. The smallest absolute Gasteiger partial charge is 0.138 e. The average Bonchev–Trinajstić information content (AvgIpc) is 2.30. The zero-order chi connectivity index (χ0) is 20.5. The molecular formula is C23H48O2. The van der Waals surface area contributed by atoms with Crippen LogP contribution in [0.15, 0.2) is 0 Å². The Labute approximate surface area is 159 Å². The molecule has 152 valence electrons. The summed E-state index contributed by atoms with van der Waals surface area (Å²) in [5.41, 5.74) is 0.676. The van der Waals surface area contributed by atoms with Crippen LogP contribution in [0.4, 0.5) is 0 Å². The second kappa shape index (κ2) is 10.7. The Hall–Kier alpha value is -0.370. The van der Waals surface area contributed by atoms with Crippen LogP contribution >= 0.6 is 0 Å². The monoisotopic (exact) mass is 356 g/mol. The van der Waals surface area contributed by atoms with Crippen molar-refractivity contribution in [2.75, 3.05) is 6.61 Å². The predicted molar refractivity (Wildman–Crippen MR) is 112 cm³/mol. The second-order valence-electron chi connectivity index (χ2n) is 11.7. The minimum atomic E-state index is -0.155. The van der Waals surface area contributed by atoms with Crippen molar-refractivity contribution in [1.29, 1.82) is 0 Å². The van der Waals surface area contributed by atoms with Crippen LogP contribution in [0.2, 0.25) is 0 Å². The van der Waals surface area contributed by atoms with Gasteiger partial charge in [0.05, 0.1) is 5.60 Å². The quantitative estimate of drug-likeness (QED) is 0.462. The summed E-state index contributed by atoms with van der Waals surface area (Å²) in [7, 11) is 0. The van der Waals surface area contributed by atoms with Gasteiger partial charge in [-0.1, -0.05) is 62.3 Å². The molecule has 0 aliphatic carbocycles. The Morgan fingerprint density at radius 1 is 0.680 bits per heavy atom. The lowest BCUT2D eigenvalue weighted by Crippen LogP contribution is -2.20. The molecule has 0 aromatic heterocycles. The van der Waals surface area contributed by atoms with E-state index in [9.17, 15) is 4.79 Å². The van der Waals surface area contributed by atoms with Gasteiger partial charge in [0, 0.05) is 18.4 Å². The molecule has 0 aromatic rings. The lowest BCUT2D eigenvalue weighted by molar-refractivity contribution is -0.126. The SMILES string of the molecule is CC(C)(C)CCCC(=O)C(C)(C)C.CC(C)(C)CCCOC(C)(C)C. The number of hydrogen-bond donors (Lipinski definition) is 0. The van der Waals surface area contributed by atoms with E-state index < -0.39 is 0 Å². The zero-order valence-corrected chi connectivity index (χ0v) is 19.6. The number of hydrogen-bond acceptors (Lipinski definition) is 2. The highest BCUT2D eigenvalue weighted by Gasteiger charge is 2.21. The van der Waals surface area contributed by atoms with Crippen LogP contribution in [0.3, 0.4) is 0 Å². The number of carbonyl (C=O) groups excluding carboxylic acids is 1. The molecule has 0 saturated heterocycles. The van der Waals surface area contributed by atoms with Crippen molar-refractivity contribution in [2.24, 2.45) is 16.2 Å². The summed E-state index contributed by atoms with van der Waals surface area (Å²) in [6, 6.07) is 0. The Kier molecular flexibility index (Phi) is 11.5. The lowest BCUT2D eigenvalue weighted by Gasteiger charge is -2.22.